The third-order valence-corrected chi connectivity index (χ3v) is 4.76. The van der Waals surface area contributed by atoms with Crippen LogP contribution >= 0.6 is 0 Å². The smallest absolute Gasteiger partial charge is 0.297 e. The maximum Gasteiger partial charge on any atom is 0.297 e. The van der Waals surface area contributed by atoms with Crippen LogP contribution in [-0.4, -0.2) is 29.5 Å². The summed E-state index contributed by atoms with van der Waals surface area (Å²) in [7, 11) is -3.97. The first-order chi connectivity index (χ1) is 11.5. The molecule has 9 heteroatoms. The number of hydrogen-bond acceptors (Lipinski definition) is 6. The fourth-order valence-corrected chi connectivity index (χ4v) is 3.14. The highest BCUT2D eigenvalue weighted by Gasteiger charge is 2.17. The van der Waals surface area contributed by atoms with Crippen molar-refractivity contribution in [1.82, 2.24) is 9.55 Å². The number of aromatic nitrogens is 2. The minimum absolute atomic E-state index is 0.0698. The van der Waals surface area contributed by atoms with Crippen LogP contribution in [0.4, 0.5) is 5.69 Å². The molecule has 24 heavy (non-hydrogen) atoms. The normalized spacial score (nSPS) is 11.7. The molecule has 124 valence electrons. The summed E-state index contributed by atoms with van der Waals surface area (Å²) >= 11 is 0. The van der Waals surface area contributed by atoms with Gasteiger partial charge in [0.05, 0.1) is 33.8 Å². The number of nitrogens with zero attached hydrogens (tertiary/aromatic N) is 3. The second-order valence-corrected chi connectivity index (χ2v) is 6.57. The van der Waals surface area contributed by atoms with Crippen LogP contribution in [0.3, 0.4) is 0 Å². The van der Waals surface area contributed by atoms with Gasteiger partial charge in [0.25, 0.3) is 15.8 Å². The lowest BCUT2D eigenvalue weighted by Crippen LogP contribution is -2.11. The summed E-state index contributed by atoms with van der Waals surface area (Å²) in [6.45, 7) is 0.242. The van der Waals surface area contributed by atoms with Crippen molar-refractivity contribution in [2.75, 3.05) is 6.61 Å². The molecular weight excluding hydrogens is 334 g/mol. The number of fused-ring (bicyclic) bond motifs is 1. The van der Waals surface area contributed by atoms with E-state index in [2.05, 4.69) is 4.98 Å². The SMILES string of the molecule is O=[N+]([O-])c1ccc(S(=O)(=O)OCCn2cnc3ccccc32)cc1. The summed E-state index contributed by atoms with van der Waals surface area (Å²) in [5, 5.41) is 10.6. The second-order valence-electron chi connectivity index (χ2n) is 4.95. The van der Waals surface area contributed by atoms with Crippen molar-refractivity contribution >= 4 is 26.8 Å². The fourth-order valence-electron chi connectivity index (χ4n) is 2.24. The molecule has 3 rings (SSSR count). The predicted octanol–water partition coefficient (Wildman–Crippen LogP) is 2.35. The van der Waals surface area contributed by atoms with Crippen LogP contribution in [0.15, 0.2) is 59.8 Å². The lowest BCUT2D eigenvalue weighted by molar-refractivity contribution is -0.384. The highest BCUT2D eigenvalue weighted by Crippen LogP contribution is 2.18. The van der Waals surface area contributed by atoms with Gasteiger partial charge in [0.1, 0.15) is 0 Å². The first-order valence-corrected chi connectivity index (χ1v) is 8.42. The lowest BCUT2D eigenvalue weighted by Gasteiger charge is -2.07. The molecule has 8 nitrogen and oxygen atoms in total. The standard InChI is InChI=1S/C15H13N3O5S/c19-18(20)12-5-7-13(8-6-12)24(21,22)23-10-9-17-11-16-14-3-1-2-4-15(14)17/h1-8,11H,9-10H2. The van der Waals surface area contributed by atoms with E-state index in [0.717, 1.165) is 35.3 Å². The molecule has 1 heterocycles. The summed E-state index contributed by atoms with van der Waals surface area (Å²) in [5.41, 5.74) is 1.52. The Morgan fingerprint density at radius 3 is 2.54 bits per heavy atom. The molecule has 2 aromatic carbocycles. The van der Waals surface area contributed by atoms with Gasteiger partial charge in [-0.05, 0) is 24.3 Å². The molecule has 0 atom stereocenters. The van der Waals surface area contributed by atoms with Crippen LogP contribution in [0.2, 0.25) is 0 Å². The van der Waals surface area contributed by atoms with Gasteiger partial charge in [-0.2, -0.15) is 8.42 Å². The molecular formula is C15H13N3O5S. The maximum absolute atomic E-state index is 12.1. The van der Waals surface area contributed by atoms with Gasteiger partial charge in [-0.15, -0.1) is 0 Å². The van der Waals surface area contributed by atoms with E-state index >= 15 is 0 Å². The number of nitro groups is 1. The van der Waals surface area contributed by atoms with E-state index in [9.17, 15) is 18.5 Å². The molecule has 0 unspecified atom stereocenters. The second kappa shape index (κ2) is 6.38. The minimum atomic E-state index is -3.97. The van der Waals surface area contributed by atoms with Crippen molar-refractivity contribution < 1.29 is 17.5 Å². The third-order valence-electron chi connectivity index (χ3n) is 3.43. The Hall–Kier alpha value is -2.78. The molecule has 0 aliphatic rings. The number of hydrogen-bond donors (Lipinski definition) is 0. The van der Waals surface area contributed by atoms with Crippen molar-refractivity contribution in [3.8, 4) is 0 Å². The predicted molar refractivity (Wildman–Crippen MR) is 86.0 cm³/mol. The zero-order valence-electron chi connectivity index (χ0n) is 12.4. The number of nitro benzene ring substituents is 1. The van der Waals surface area contributed by atoms with Gasteiger partial charge in [-0.25, -0.2) is 4.98 Å². The summed E-state index contributed by atoms with van der Waals surface area (Å²) in [4.78, 5) is 14.1. The van der Waals surface area contributed by atoms with Gasteiger partial charge >= 0.3 is 0 Å². The maximum atomic E-state index is 12.1. The summed E-state index contributed by atoms with van der Waals surface area (Å²) in [6.07, 6.45) is 1.62. The number of imidazole rings is 1. The molecule has 0 N–H and O–H groups in total. The highest BCUT2D eigenvalue weighted by atomic mass is 32.2. The molecule has 0 radical (unpaired) electrons. The highest BCUT2D eigenvalue weighted by molar-refractivity contribution is 7.86. The van der Waals surface area contributed by atoms with Gasteiger partial charge < -0.3 is 4.57 Å². The Balaban J connectivity index is 1.68. The Labute approximate surface area is 137 Å². The third kappa shape index (κ3) is 3.26. The van der Waals surface area contributed by atoms with E-state index in [1.54, 1.807) is 10.9 Å². The Morgan fingerprint density at radius 2 is 1.83 bits per heavy atom. The van der Waals surface area contributed by atoms with E-state index in [1.807, 2.05) is 24.3 Å². The fraction of sp³-hybridized carbons (Fsp3) is 0.133. The van der Waals surface area contributed by atoms with Crippen molar-refractivity contribution in [2.24, 2.45) is 0 Å². The molecule has 0 aliphatic carbocycles. The van der Waals surface area contributed by atoms with Crippen molar-refractivity contribution in [3.63, 3.8) is 0 Å². The van der Waals surface area contributed by atoms with Crippen molar-refractivity contribution in [2.45, 2.75) is 11.4 Å². The van der Waals surface area contributed by atoms with E-state index in [4.69, 9.17) is 4.18 Å². The number of rotatable bonds is 6. The number of benzene rings is 2. The van der Waals surface area contributed by atoms with Gasteiger partial charge in [0.15, 0.2) is 0 Å². The molecule has 3 aromatic rings. The first-order valence-electron chi connectivity index (χ1n) is 7.01. The van der Waals surface area contributed by atoms with Crippen molar-refractivity contribution in [3.05, 3.63) is 65.0 Å². The van der Waals surface area contributed by atoms with Gasteiger partial charge in [-0.1, -0.05) is 12.1 Å². The quantitative estimate of drug-likeness (QED) is 0.385. The molecule has 0 fully saturated rings. The topological polar surface area (TPSA) is 104 Å². The van der Waals surface area contributed by atoms with Crippen LogP contribution in [0.1, 0.15) is 0 Å². The van der Waals surface area contributed by atoms with Crippen LogP contribution in [-0.2, 0) is 20.8 Å². The summed E-state index contributed by atoms with van der Waals surface area (Å²) in [5.74, 6) is 0. The van der Waals surface area contributed by atoms with Crippen LogP contribution in [0.5, 0.6) is 0 Å². The summed E-state index contributed by atoms with van der Waals surface area (Å²) in [6, 6.07) is 12.0. The van der Waals surface area contributed by atoms with E-state index < -0.39 is 15.0 Å². The Morgan fingerprint density at radius 1 is 1.12 bits per heavy atom. The van der Waals surface area contributed by atoms with E-state index in [1.165, 1.54) is 0 Å². The van der Waals surface area contributed by atoms with Gasteiger partial charge in [0.2, 0.25) is 0 Å². The Kier molecular flexibility index (Phi) is 4.28. The Bertz CT molecular complexity index is 980. The average Bonchev–Trinajstić information content (AvgIpc) is 2.98. The summed E-state index contributed by atoms with van der Waals surface area (Å²) < 4.78 is 31.0. The molecule has 0 spiro atoms. The van der Waals surface area contributed by atoms with Gasteiger partial charge in [-0.3, -0.25) is 14.3 Å². The minimum Gasteiger partial charge on any atom is -0.328 e. The number of non-ortho nitro benzene ring substituents is 1. The average molecular weight is 347 g/mol. The monoisotopic (exact) mass is 347 g/mol. The molecule has 0 amide bonds. The van der Waals surface area contributed by atoms with Crippen LogP contribution in [0, 0.1) is 10.1 Å². The van der Waals surface area contributed by atoms with Crippen molar-refractivity contribution in [1.29, 1.82) is 0 Å². The van der Waals surface area contributed by atoms with Crippen LogP contribution in [0.25, 0.3) is 11.0 Å². The largest absolute Gasteiger partial charge is 0.328 e. The number of para-hydroxylation sites is 2. The molecule has 0 aliphatic heterocycles. The van der Waals surface area contributed by atoms with Crippen LogP contribution < -0.4 is 0 Å². The lowest BCUT2D eigenvalue weighted by atomic mass is 10.3. The molecule has 0 saturated carbocycles. The first kappa shape index (κ1) is 16.1. The van der Waals surface area contributed by atoms with Gasteiger partial charge in [0, 0.05) is 18.7 Å². The molecule has 0 saturated heterocycles. The van der Waals surface area contributed by atoms with E-state index in [0.29, 0.717) is 6.54 Å². The molecule has 1 aromatic heterocycles. The zero-order chi connectivity index (χ0) is 17.2. The molecule has 0 bridgehead atoms. The van der Waals surface area contributed by atoms with E-state index in [-0.39, 0.29) is 17.2 Å². The zero-order valence-corrected chi connectivity index (χ0v) is 13.2.